The van der Waals surface area contributed by atoms with Crippen molar-refractivity contribution < 1.29 is 0 Å². The second kappa shape index (κ2) is 6.62. The first kappa shape index (κ1) is 12.4. The molecule has 0 saturated carbocycles. The number of nitrogens with one attached hydrogen (secondary N) is 1. The first-order chi connectivity index (χ1) is 8.86. The van der Waals surface area contributed by atoms with Gasteiger partial charge in [-0.1, -0.05) is 72.3 Å². The number of hydrazone groups is 1. The molecule has 0 aliphatic rings. The van der Waals surface area contributed by atoms with E-state index in [-0.39, 0.29) is 0 Å². The average molecular weight is 257 g/mol. The largest absolute Gasteiger partial charge is 0.284 e. The molecule has 2 aromatic rings. The van der Waals surface area contributed by atoms with Crippen molar-refractivity contribution in [2.24, 2.45) is 5.10 Å². The molecule has 0 unspecified atom stereocenters. The van der Waals surface area contributed by atoms with Gasteiger partial charge in [0.05, 0.1) is 0 Å². The van der Waals surface area contributed by atoms with E-state index in [4.69, 9.17) is 11.6 Å². The summed E-state index contributed by atoms with van der Waals surface area (Å²) in [5.74, 6) is 0. The standard InChI is InChI=1S/C15H13ClN2/c16-15(14-9-5-2-6-10-14)18-17-12-11-13-7-3-1-4-8-13/h1-12,17H/b12-11+,18-15-. The van der Waals surface area contributed by atoms with Crippen LogP contribution in [0, 0.1) is 0 Å². The Morgan fingerprint density at radius 3 is 2.22 bits per heavy atom. The molecule has 0 aromatic heterocycles. The van der Waals surface area contributed by atoms with Gasteiger partial charge in [-0.2, -0.15) is 5.10 Å². The summed E-state index contributed by atoms with van der Waals surface area (Å²) in [6.45, 7) is 0. The molecule has 0 bridgehead atoms. The van der Waals surface area contributed by atoms with E-state index in [1.54, 1.807) is 6.20 Å². The van der Waals surface area contributed by atoms with Gasteiger partial charge in [0.25, 0.3) is 0 Å². The van der Waals surface area contributed by atoms with Gasteiger partial charge in [0.2, 0.25) is 0 Å². The summed E-state index contributed by atoms with van der Waals surface area (Å²) in [6, 6.07) is 19.6. The molecule has 3 heteroatoms. The molecule has 0 fully saturated rings. The lowest BCUT2D eigenvalue weighted by Gasteiger charge is -1.97. The second-order valence-electron chi connectivity index (χ2n) is 3.64. The molecule has 2 nitrogen and oxygen atoms in total. The third kappa shape index (κ3) is 3.75. The fourth-order valence-electron chi connectivity index (χ4n) is 1.43. The smallest absolute Gasteiger partial charge is 0.156 e. The summed E-state index contributed by atoms with van der Waals surface area (Å²) in [5.41, 5.74) is 4.80. The lowest BCUT2D eigenvalue weighted by atomic mass is 10.2. The number of hydrogen-bond donors (Lipinski definition) is 1. The van der Waals surface area contributed by atoms with E-state index in [0.29, 0.717) is 5.17 Å². The highest BCUT2D eigenvalue weighted by Gasteiger charge is 1.96. The predicted octanol–water partition coefficient (Wildman–Crippen LogP) is 3.85. The van der Waals surface area contributed by atoms with Gasteiger partial charge in [0.1, 0.15) is 0 Å². The van der Waals surface area contributed by atoms with E-state index >= 15 is 0 Å². The molecule has 0 aliphatic carbocycles. The topological polar surface area (TPSA) is 24.4 Å². The highest BCUT2D eigenvalue weighted by Crippen LogP contribution is 2.04. The van der Waals surface area contributed by atoms with Gasteiger partial charge in [0, 0.05) is 11.8 Å². The monoisotopic (exact) mass is 256 g/mol. The van der Waals surface area contributed by atoms with Crippen molar-refractivity contribution in [1.29, 1.82) is 0 Å². The van der Waals surface area contributed by atoms with Crippen molar-refractivity contribution in [3.63, 3.8) is 0 Å². The van der Waals surface area contributed by atoms with Crippen LogP contribution in [0.4, 0.5) is 0 Å². The summed E-state index contributed by atoms with van der Waals surface area (Å²) in [6.07, 6.45) is 3.68. The maximum Gasteiger partial charge on any atom is 0.156 e. The Hall–Kier alpha value is -2.06. The van der Waals surface area contributed by atoms with Crippen LogP contribution in [0.15, 0.2) is 72.0 Å². The summed E-state index contributed by atoms with van der Waals surface area (Å²) in [7, 11) is 0. The minimum absolute atomic E-state index is 0.438. The van der Waals surface area contributed by atoms with Gasteiger partial charge in [-0.05, 0) is 11.6 Å². The minimum atomic E-state index is 0.438. The van der Waals surface area contributed by atoms with E-state index in [9.17, 15) is 0 Å². The molecule has 2 aromatic carbocycles. The van der Waals surface area contributed by atoms with Crippen LogP contribution in [-0.4, -0.2) is 5.17 Å². The van der Waals surface area contributed by atoms with Crippen LogP contribution < -0.4 is 5.43 Å². The van der Waals surface area contributed by atoms with Gasteiger partial charge < -0.3 is 0 Å². The molecule has 0 heterocycles. The zero-order valence-electron chi connectivity index (χ0n) is 9.75. The third-order valence-corrected chi connectivity index (χ3v) is 2.63. The molecule has 1 N–H and O–H groups in total. The van der Waals surface area contributed by atoms with Gasteiger partial charge in [-0.15, -0.1) is 0 Å². The Balaban J connectivity index is 1.94. The minimum Gasteiger partial charge on any atom is -0.284 e. The quantitative estimate of drug-likeness (QED) is 0.652. The van der Waals surface area contributed by atoms with E-state index in [0.717, 1.165) is 11.1 Å². The van der Waals surface area contributed by atoms with Crippen molar-refractivity contribution in [2.75, 3.05) is 0 Å². The number of benzene rings is 2. The Morgan fingerprint density at radius 1 is 0.944 bits per heavy atom. The zero-order valence-corrected chi connectivity index (χ0v) is 10.5. The maximum absolute atomic E-state index is 6.04. The molecule has 90 valence electrons. The Kier molecular flexibility index (Phi) is 4.56. The Labute approximate surface area is 112 Å². The third-order valence-electron chi connectivity index (χ3n) is 2.32. The molecule has 0 spiro atoms. The first-order valence-corrected chi connectivity index (χ1v) is 6.00. The van der Waals surface area contributed by atoms with Crippen LogP contribution in [0.5, 0.6) is 0 Å². The van der Waals surface area contributed by atoms with E-state index in [2.05, 4.69) is 10.5 Å². The molecule has 18 heavy (non-hydrogen) atoms. The SMILES string of the molecule is Cl/C(=N\N/C=C/c1ccccc1)c1ccccc1. The van der Waals surface area contributed by atoms with Crippen molar-refractivity contribution in [2.45, 2.75) is 0 Å². The Bertz CT molecular complexity index is 533. The highest BCUT2D eigenvalue weighted by atomic mass is 35.5. The van der Waals surface area contributed by atoms with Crippen LogP contribution in [0.25, 0.3) is 6.08 Å². The molecule has 0 saturated heterocycles. The van der Waals surface area contributed by atoms with Crippen LogP contribution in [0.2, 0.25) is 0 Å². The molecule has 0 atom stereocenters. The number of hydrogen-bond acceptors (Lipinski definition) is 2. The van der Waals surface area contributed by atoms with Gasteiger partial charge in [-0.3, -0.25) is 5.43 Å². The molecular weight excluding hydrogens is 244 g/mol. The molecule has 0 radical (unpaired) electrons. The van der Waals surface area contributed by atoms with Gasteiger partial charge in [-0.25, -0.2) is 0 Å². The Morgan fingerprint density at radius 2 is 1.56 bits per heavy atom. The van der Waals surface area contributed by atoms with Crippen LogP contribution in [-0.2, 0) is 0 Å². The number of halogens is 1. The average Bonchev–Trinajstić information content (AvgIpc) is 2.45. The van der Waals surface area contributed by atoms with Gasteiger partial charge in [0.15, 0.2) is 5.17 Å². The van der Waals surface area contributed by atoms with Gasteiger partial charge >= 0.3 is 0 Å². The van der Waals surface area contributed by atoms with Crippen molar-refractivity contribution in [1.82, 2.24) is 5.43 Å². The normalized spacial score (nSPS) is 11.7. The van der Waals surface area contributed by atoms with Crippen molar-refractivity contribution in [3.05, 3.63) is 78.0 Å². The summed E-state index contributed by atoms with van der Waals surface area (Å²) in [5, 5.41) is 4.49. The second-order valence-corrected chi connectivity index (χ2v) is 4.00. The first-order valence-electron chi connectivity index (χ1n) is 5.62. The predicted molar refractivity (Wildman–Crippen MR) is 77.4 cm³/mol. The van der Waals surface area contributed by atoms with E-state index < -0.39 is 0 Å². The van der Waals surface area contributed by atoms with Crippen LogP contribution in [0.1, 0.15) is 11.1 Å². The van der Waals surface area contributed by atoms with Crippen LogP contribution in [0.3, 0.4) is 0 Å². The van der Waals surface area contributed by atoms with Crippen molar-refractivity contribution in [3.8, 4) is 0 Å². The summed E-state index contributed by atoms with van der Waals surface area (Å²) in [4.78, 5) is 0. The lowest BCUT2D eigenvalue weighted by molar-refractivity contribution is 0.979. The van der Waals surface area contributed by atoms with E-state index in [1.807, 2.05) is 66.7 Å². The fraction of sp³-hybridized carbons (Fsp3) is 0. The lowest BCUT2D eigenvalue weighted by Crippen LogP contribution is -1.99. The zero-order chi connectivity index (χ0) is 12.6. The van der Waals surface area contributed by atoms with Crippen molar-refractivity contribution >= 4 is 22.8 Å². The molecular formula is C15H13ClN2. The number of nitrogens with zero attached hydrogens (tertiary/aromatic N) is 1. The summed E-state index contributed by atoms with van der Waals surface area (Å²) < 4.78 is 0. The summed E-state index contributed by atoms with van der Waals surface area (Å²) >= 11 is 6.04. The van der Waals surface area contributed by atoms with E-state index in [1.165, 1.54) is 0 Å². The fourth-order valence-corrected chi connectivity index (χ4v) is 1.61. The van der Waals surface area contributed by atoms with Crippen LogP contribution >= 0.6 is 11.6 Å². The highest BCUT2D eigenvalue weighted by molar-refractivity contribution is 6.69. The maximum atomic E-state index is 6.04. The molecule has 0 amide bonds. The molecule has 0 aliphatic heterocycles. The number of rotatable bonds is 4. The molecule has 2 rings (SSSR count).